The zero-order valence-corrected chi connectivity index (χ0v) is 13.1. The molecule has 2 N–H and O–H groups in total. The smallest absolute Gasteiger partial charge is 0.251 e. The summed E-state index contributed by atoms with van der Waals surface area (Å²) in [5, 5.41) is 9.82. The van der Waals surface area contributed by atoms with Gasteiger partial charge in [-0.1, -0.05) is 32.9 Å². The lowest BCUT2D eigenvalue weighted by molar-refractivity contribution is 0.0939. The van der Waals surface area contributed by atoms with E-state index in [9.17, 15) is 4.79 Å². The van der Waals surface area contributed by atoms with Crippen LogP contribution in [0.25, 0.3) is 16.8 Å². The first-order valence-electron chi connectivity index (χ1n) is 7.33. The zero-order chi connectivity index (χ0) is 15.7. The number of amides is 1. The summed E-state index contributed by atoms with van der Waals surface area (Å²) in [6.07, 6.45) is 1.97. The lowest BCUT2D eigenvalue weighted by Crippen LogP contribution is -2.32. The molecule has 0 saturated heterocycles. The molecule has 2 aromatic heterocycles. The number of benzene rings is 1. The first-order valence-corrected chi connectivity index (χ1v) is 7.33. The van der Waals surface area contributed by atoms with Gasteiger partial charge in [-0.2, -0.15) is 0 Å². The Morgan fingerprint density at radius 3 is 2.68 bits per heavy atom. The van der Waals surface area contributed by atoms with Crippen molar-refractivity contribution < 1.29 is 4.79 Å². The van der Waals surface area contributed by atoms with Crippen LogP contribution < -0.4 is 5.32 Å². The fraction of sp³-hybridized carbons (Fsp3) is 0.294. The second-order valence-electron chi connectivity index (χ2n) is 6.68. The van der Waals surface area contributed by atoms with Crippen molar-refractivity contribution in [2.45, 2.75) is 20.8 Å². The largest absolute Gasteiger partial charge is 0.352 e. The highest BCUT2D eigenvalue weighted by Crippen LogP contribution is 2.21. The van der Waals surface area contributed by atoms with E-state index in [1.165, 1.54) is 0 Å². The topological polar surface area (TPSA) is 62.2 Å². The quantitative estimate of drug-likeness (QED) is 0.780. The molecular weight excluding hydrogens is 276 g/mol. The number of aromatic nitrogens is 3. The van der Waals surface area contributed by atoms with Crippen LogP contribution in [0.2, 0.25) is 0 Å². The van der Waals surface area contributed by atoms with Crippen molar-refractivity contribution in [3.63, 3.8) is 0 Å². The number of rotatable bonds is 3. The molecule has 0 atom stereocenters. The highest BCUT2D eigenvalue weighted by atomic mass is 16.1. The minimum Gasteiger partial charge on any atom is -0.352 e. The van der Waals surface area contributed by atoms with E-state index in [2.05, 4.69) is 36.4 Å². The van der Waals surface area contributed by atoms with Crippen molar-refractivity contribution in [3.8, 4) is 11.1 Å². The van der Waals surface area contributed by atoms with E-state index >= 15 is 0 Å². The van der Waals surface area contributed by atoms with Gasteiger partial charge in [0, 0.05) is 23.9 Å². The molecule has 5 nitrogen and oxygen atoms in total. The standard InChI is InChI=1S/C17H20N4O/c1-17(2,3)11-18-16(22)13-6-4-5-12(9-13)14-7-8-15-19-20-21(15)10-14/h4-10,20H,11H2,1-3H3,(H,18,22). The summed E-state index contributed by atoms with van der Waals surface area (Å²) >= 11 is 0. The van der Waals surface area contributed by atoms with Gasteiger partial charge in [0.05, 0.1) is 0 Å². The Labute approximate surface area is 129 Å². The van der Waals surface area contributed by atoms with Gasteiger partial charge in [-0.05, 0) is 35.2 Å². The molecule has 0 unspecified atom stereocenters. The minimum atomic E-state index is -0.0403. The maximum absolute atomic E-state index is 12.3. The van der Waals surface area contributed by atoms with Crippen LogP contribution >= 0.6 is 0 Å². The van der Waals surface area contributed by atoms with Gasteiger partial charge in [0.2, 0.25) is 0 Å². The summed E-state index contributed by atoms with van der Waals surface area (Å²) in [5.74, 6) is -0.0403. The van der Waals surface area contributed by atoms with E-state index in [-0.39, 0.29) is 11.3 Å². The Morgan fingerprint density at radius 2 is 2.05 bits per heavy atom. The molecule has 2 heterocycles. The zero-order valence-electron chi connectivity index (χ0n) is 13.1. The van der Waals surface area contributed by atoms with Crippen molar-refractivity contribution >= 4 is 11.6 Å². The van der Waals surface area contributed by atoms with Gasteiger partial charge in [0.15, 0.2) is 5.65 Å². The monoisotopic (exact) mass is 296 g/mol. The fourth-order valence-electron chi connectivity index (χ4n) is 2.18. The number of aromatic amines is 1. The maximum atomic E-state index is 12.3. The molecule has 1 aromatic carbocycles. The van der Waals surface area contributed by atoms with Gasteiger partial charge < -0.3 is 5.32 Å². The molecule has 3 aromatic rings. The van der Waals surface area contributed by atoms with Crippen LogP contribution in [-0.2, 0) is 0 Å². The van der Waals surface area contributed by atoms with Gasteiger partial charge >= 0.3 is 0 Å². The second kappa shape index (κ2) is 5.33. The number of nitrogens with zero attached hydrogens (tertiary/aromatic N) is 2. The van der Waals surface area contributed by atoms with Gasteiger partial charge in [-0.3, -0.25) is 4.79 Å². The Bertz CT molecular complexity index is 807. The molecular formula is C17H20N4O. The summed E-state index contributed by atoms with van der Waals surface area (Å²) in [5.41, 5.74) is 3.68. The highest BCUT2D eigenvalue weighted by molar-refractivity contribution is 5.95. The molecule has 0 aliphatic heterocycles. The number of carbonyl (C=O) groups excluding carboxylic acids is 1. The van der Waals surface area contributed by atoms with Gasteiger partial charge in [0.1, 0.15) is 0 Å². The molecule has 22 heavy (non-hydrogen) atoms. The number of hydrogen-bond donors (Lipinski definition) is 2. The Morgan fingerprint density at radius 1 is 1.23 bits per heavy atom. The van der Waals surface area contributed by atoms with E-state index in [4.69, 9.17) is 0 Å². The van der Waals surface area contributed by atoms with Crippen LogP contribution in [0.4, 0.5) is 0 Å². The van der Waals surface area contributed by atoms with Crippen LogP contribution in [-0.4, -0.2) is 27.3 Å². The van der Waals surface area contributed by atoms with E-state index < -0.39 is 0 Å². The normalized spacial score (nSPS) is 11.8. The number of pyridine rings is 1. The molecule has 0 aliphatic rings. The first kappa shape index (κ1) is 14.4. The predicted molar refractivity (Wildman–Crippen MR) is 86.8 cm³/mol. The lowest BCUT2D eigenvalue weighted by atomic mass is 9.96. The molecule has 0 aliphatic carbocycles. The highest BCUT2D eigenvalue weighted by Gasteiger charge is 2.13. The number of hydrogen-bond acceptors (Lipinski definition) is 2. The summed E-state index contributed by atoms with van der Waals surface area (Å²) in [6, 6.07) is 11.6. The van der Waals surface area contributed by atoms with Crippen LogP contribution in [0.1, 0.15) is 31.1 Å². The fourth-order valence-corrected chi connectivity index (χ4v) is 2.18. The van der Waals surface area contributed by atoms with Crippen molar-refractivity contribution in [2.24, 2.45) is 5.41 Å². The summed E-state index contributed by atoms with van der Waals surface area (Å²) in [6.45, 7) is 6.94. The molecule has 0 bridgehead atoms. The number of carbonyl (C=O) groups is 1. The Hall–Kier alpha value is -2.56. The molecule has 3 rings (SSSR count). The SMILES string of the molecule is CC(C)(C)CNC(=O)c1cccc(-c2ccc3n[nH]n3c2)c1. The van der Waals surface area contributed by atoms with E-state index in [0.29, 0.717) is 12.1 Å². The molecule has 114 valence electrons. The average Bonchev–Trinajstić information content (AvgIpc) is 2.45. The molecule has 0 radical (unpaired) electrons. The van der Waals surface area contributed by atoms with Crippen molar-refractivity contribution in [3.05, 3.63) is 48.2 Å². The third-order valence-electron chi connectivity index (χ3n) is 3.44. The Balaban J connectivity index is 1.82. The Kier molecular flexibility index (Phi) is 3.48. The third kappa shape index (κ3) is 3.03. The summed E-state index contributed by atoms with van der Waals surface area (Å²) in [7, 11) is 0. The van der Waals surface area contributed by atoms with Crippen molar-refractivity contribution in [1.82, 2.24) is 20.1 Å². The molecule has 5 heteroatoms. The average molecular weight is 296 g/mol. The molecule has 0 fully saturated rings. The predicted octanol–water partition coefficient (Wildman–Crippen LogP) is 3.11. The van der Waals surface area contributed by atoms with Crippen LogP contribution in [0, 0.1) is 5.41 Å². The van der Waals surface area contributed by atoms with E-state index in [1.807, 2.05) is 47.1 Å². The molecule has 0 saturated carbocycles. The summed E-state index contributed by atoms with van der Waals surface area (Å²) in [4.78, 5) is 12.3. The third-order valence-corrected chi connectivity index (χ3v) is 3.44. The number of H-pyrrole nitrogens is 1. The van der Waals surface area contributed by atoms with Crippen LogP contribution in [0.15, 0.2) is 42.6 Å². The van der Waals surface area contributed by atoms with Crippen molar-refractivity contribution in [1.29, 1.82) is 0 Å². The first-order chi connectivity index (χ1) is 10.4. The van der Waals surface area contributed by atoms with E-state index in [1.54, 1.807) is 0 Å². The van der Waals surface area contributed by atoms with Crippen LogP contribution in [0.5, 0.6) is 0 Å². The van der Waals surface area contributed by atoms with Gasteiger partial charge in [0.25, 0.3) is 5.91 Å². The number of fused-ring (bicyclic) bond motifs is 1. The van der Waals surface area contributed by atoms with Crippen molar-refractivity contribution in [2.75, 3.05) is 6.54 Å². The van der Waals surface area contributed by atoms with Gasteiger partial charge in [-0.25, -0.2) is 9.73 Å². The lowest BCUT2D eigenvalue weighted by Gasteiger charge is -2.18. The summed E-state index contributed by atoms with van der Waals surface area (Å²) < 4.78 is 1.85. The van der Waals surface area contributed by atoms with E-state index in [0.717, 1.165) is 16.8 Å². The van der Waals surface area contributed by atoms with Crippen LogP contribution in [0.3, 0.4) is 0 Å². The minimum absolute atomic E-state index is 0.0403. The van der Waals surface area contributed by atoms with Gasteiger partial charge in [-0.15, -0.1) is 5.10 Å². The molecule has 1 amide bonds. The second-order valence-corrected chi connectivity index (χ2v) is 6.68. The molecule has 0 spiro atoms. The number of nitrogens with one attached hydrogen (secondary N) is 2. The maximum Gasteiger partial charge on any atom is 0.251 e.